The summed E-state index contributed by atoms with van der Waals surface area (Å²) in [5.41, 5.74) is 12.1. The number of nitrogens with one attached hydrogen (secondary N) is 2. The van der Waals surface area contributed by atoms with E-state index in [9.17, 15) is 20.4 Å². The van der Waals surface area contributed by atoms with Crippen LogP contribution in [0.1, 0.15) is 149 Å². The summed E-state index contributed by atoms with van der Waals surface area (Å²) in [5.74, 6) is -0.643. The Morgan fingerprint density at radius 2 is 1.71 bits per heavy atom. The van der Waals surface area contributed by atoms with Crippen LogP contribution in [0.5, 0.6) is 0 Å². The summed E-state index contributed by atoms with van der Waals surface area (Å²) in [6.45, 7) is 11.8. The number of hydrogen-bond acceptors (Lipinski definition) is 11. The number of nitrogens with two attached hydrogens (primary N) is 1. The zero-order valence-electron chi connectivity index (χ0n) is 47.5. The molecule has 12 nitrogen and oxygen atoms in total. The van der Waals surface area contributed by atoms with Crippen LogP contribution in [0, 0.1) is 80.8 Å². The van der Waals surface area contributed by atoms with Crippen molar-refractivity contribution in [1.29, 1.82) is 0 Å². The van der Waals surface area contributed by atoms with Gasteiger partial charge in [-0.3, -0.25) is 9.79 Å². The largest absolute Gasteiger partial charge is 0.392 e. The highest BCUT2D eigenvalue weighted by atomic mass is 33.1. The normalized spacial score (nSPS) is 43.2. The molecule has 1 aliphatic heterocycles. The molecule has 0 radical (unpaired) electrons. The number of carbonyl (C=O) groups is 1. The van der Waals surface area contributed by atoms with E-state index in [-0.39, 0.29) is 71.0 Å². The van der Waals surface area contributed by atoms with E-state index in [0.717, 1.165) is 56.3 Å². The zero-order chi connectivity index (χ0) is 54.7. The van der Waals surface area contributed by atoms with Gasteiger partial charge in [-0.05, 0) is 173 Å². The molecule has 6 saturated carbocycles. The maximum Gasteiger partial charge on any atom is 0.190 e. The van der Waals surface area contributed by atoms with Crippen molar-refractivity contribution in [1.82, 2.24) is 20.2 Å². The first-order valence-corrected chi connectivity index (χ1v) is 32.9. The third-order valence-electron chi connectivity index (χ3n) is 23.5. The number of aromatic nitrogens is 2. The number of imidazole rings is 1. The number of carbonyl (C=O) groups excluding carboxylic acids is 1. The average molecular weight is 1110 g/mol. The molecule has 9 N–H and O–H groups in total. The summed E-state index contributed by atoms with van der Waals surface area (Å²) in [4.78, 5) is 25.2. The Morgan fingerprint density at radius 1 is 0.949 bits per heavy atom. The molecule has 1 saturated heterocycles. The smallest absolute Gasteiger partial charge is 0.190 e. The molecule has 10 aliphatic rings. The lowest BCUT2D eigenvalue weighted by Gasteiger charge is -2.65. The van der Waals surface area contributed by atoms with Gasteiger partial charge in [0.15, 0.2) is 11.7 Å². The number of aliphatic hydroxyl groups excluding tert-OH is 4. The lowest BCUT2D eigenvalue weighted by atomic mass is 9.40. The van der Waals surface area contributed by atoms with Crippen LogP contribution in [-0.4, -0.2) is 108 Å². The van der Waals surface area contributed by atoms with Crippen molar-refractivity contribution in [3.63, 3.8) is 0 Å². The summed E-state index contributed by atoms with van der Waals surface area (Å²) in [6.07, 6.45) is 21.5. The van der Waals surface area contributed by atoms with Gasteiger partial charge in [0.05, 0.1) is 30.2 Å². The number of ketones is 1. The summed E-state index contributed by atoms with van der Waals surface area (Å²) in [5, 5.41) is 69.8. The minimum atomic E-state index is -1.47. The summed E-state index contributed by atoms with van der Waals surface area (Å²) in [7, 11) is 5.71. The van der Waals surface area contributed by atoms with Crippen LogP contribution in [0.4, 0.5) is 0 Å². The highest BCUT2D eigenvalue weighted by Gasteiger charge is 2.75. The molecular weight excluding hydrogens is 1010 g/mol. The molecule has 2 heterocycles. The topological polar surface area (TPSA) is 198 Å². The van der Waals surface area contributed by atoms with Crippen LogP contribution in [0.15, 0.2) is 88.0 Å². The number of rotatable bonds is 9. The number of aryl methyl sites for hydroxylation is 1. The number of nitrogens with zero attached hydrogens (tertiary/aromatic N) is 3. The standard InChI is InChI=1S/C64H92N6O6S2/c1-36(71)69-59(65)68-32-39-29-62(5)45-27-46(64(62,76)47-28-48(72)55-44(33-66-6)57(74)49(73)31-61(55,4)53(39)47)50(20-19-37-14-8-7-9-15-37)78-77-34-40(70-25-24-67-35-70)30-60(2,3)56-42-18-13-23-63(21-10-11-22-63)54(42)41-17-12-16-38-26-43(45)58(75)52(56)51(38)41/h7-9,14-15,24-25,28,35-36,38-40,43-46,49-50,52-55,57-58,66,71,73-76H,10-13,16-23,26-27,29-34H2,1-6H3,(H3,65,68,69). The van der Waals surface area contributed by atoms with Gasteiger partial charge in [-0.25, -0.2) is 4.98 Å². The van der Waals surface area contributed by atoms with Crippen molar-refractivity contribution < 1.29 is 30.3 Å². The monoisotopic (exact) mass is 1100 g/mol. The molecular formula is C64H92N6O6S2. The van der Waals surface area contributed by atoms with Crippen LogP contribution >= 0.6 is 21.6 Å². The van der Waals surface area contributed by atoms with Gasteiger partial charge in [-0.15, -0.1) is 0 Å². The average Bonchev–Trinajstić information content (AvgIpc) is 3.00. The van der Waals surface area contributed by atoms with Gasteiger partial charge in [0.25, 0.3) is 0 Å². The SMILES string of the molecule is CNCC1C(O)C(O)CC2(C)C3C(=CC(=O)C12)C1(O)C2CC(C4CC5CCCC6=C5C(C(=C5CCCC7(CCCC7)C65)C(C)(C)CC(n5ccnc5)CSSC2CCc2ccccc2)C4O)C1(C)CC3CN=C(N)NC(C)O. The van der Waals surface area contributed by atoms with Crippen LogP contribution in [-0.2, 0) is 11.2 Å². The first-order valence-electron chi connectivity index (χ1n) is 30.5. The fourth-order valence-corrected chi connectivity index (χ4v) is 24.2. The van der Waals surface area contributed by atoms with Gasteiger partial charge < -0.3 is 46.5 Å². The number of aliphatic hydroxyl groups is 5. The van der Waals surface area contributed by atoms with Crippen LogP contribution < -0.4 is 16.4 Å². The van der Waals surface area contributed by atoms with E-state index in [2.05, 4.69) is 84.4 Å². The van der Waals surface area contributed by atoms with E-state index in [0.29, 0.717) is 36.6 Å². The predicted molar refractivity (Wildman–Crippen MR) is 312 cm³/mol. The van der Waals surface area contributed by atoms with E-state index in [1.165, 1.54) is 50.5 Å². The minimum absolute atomic E-state index is 0.0298. The van der Waals surface area contributed by atoms with Crippen molar-refractivity contribution in [2.45, 2.75) is 185 Å². The summed E-state index contributed by atoms with van der Waals surface area (Å²) < 4.78 is 2.35. The summed E-state index contributed by atoms with van der Waals surface area (Å²) in [6, 6.07) is 10.9. The fourth-order valence-electron chi connectivity index (χ4n) is 20.9. The Morgan fingerprint density at radius 3 is 2.44 bits per heavy atom. The number of fused-ring (bicyclic) bond motifs is 14. The number of guanidine groups is 1. The van der Waals surface area contributed by atoms with E-state index < -0.39 is 58.7 Å². The van der Waals surface area contributed by atoms with Gasteiger partial charge >= 0.3 is 0 Å². The third kappa shape index (κ3) is 8.85. The molecule has 1 spiro atoms. The third-order valence-corrected chi connectivity index (χ3v) is 26.5. The minimum Gasteiger partial charge on any atom is -0.392 e. The molecule has 19 unspecified atom stereocenters. The molecule has 19 atom stereocenters. The number of hydrogen-bond donors (Lipinski definition) is 8. The molecule has 1 aromatic carbocycles. The van der Waals surface area contributed by atoms with Gasteiger partial charge in [0.2, 0.25) is 0 Å². The maximum atomic E-state index is 15.6. The second-order valence-corrected chi connectivity index (χ2v) is 30.7. The molecule has 1 aromatic heterocycles. The van der Waals surface area contributed by atoms with Crippen LogP contribution in [0.2, 0.25) is 0 Å². The maximum absolute atomic E-state index is 15.6. The molecule has 9 aliphatic carbocycles. The second-order valence-electron chi connectivity index (χ2n) is 28.0. The summed E-state index contributed by atoms with van der Waals surface area (Å²) >= 11 is 0. The number of benzene rings is 1. The molecule has 12 rings (SSSR count). The molecule has 0 amide bonds. The molecule has 426 valence electrons. The Balaban J connectivity index is 1.07. The molecule has 14 heteroatoms. The van der Waals surface area contributed by atoms with Gasteiger partial charge in [0, 0.05) is 77.5 Å². The molecule has 2 aromatic rings. The van der Waals surface area contributed by atoms with Crippen molar-refractivity contribution in [3.05, 3.63) is 88.6 Å². The van der Waals surface area contributed by atoms with Crippen LogP contribution in [0.3, 0.4) is 0 Å². The van der Waals surface area contributed by atoms with E-state index in [4.69, 9.17) is 10.7 Å². The number of allylic oxidation sites excluding steroid dienone is 3. The van der Waals surface area contributed by atoms with E-state index in [1.54, 1.807) is 29.2 Å². The van der Waals surface area contributed by atoms with Crippen molar-refractivity contribution >= 4 is 33.3 Å². The van der Waals surface area contributed by atoms with Crippen molar-refractivity contribution in [2.75, 3.05) is 25.9 Å². The van der Waals surface area contributed by atoms with Crippen molar-refractivity contribution in [2.24, 2.45) is 91.6 Å². The number of aliphatic imine (C=N–C) groups is 1. The Hall–Kier alpha value is -2.95. The van der Waals surface area contributed by atoms with Gasteiger partial charge in [0.1, 0.15) is 6.23 Å². The Labute approximate surface area is 472 Å². The zero-order valence-corrected chi connectivity index (χ0v) is 49.1. The quantitative estimate of drug-likeness (QED) is 0.0390. The Kier molecular flexibility index (Phi) is 15.0. The van der Waals surface area contributed by atoms with Gasteiger partial charge in [-0.1, -0.05) is 115 Å². The second kappa shape index (κ2) is 21.0. The molecule has 78 heavy (non-hydrogen) atoms. The lowest BCUT2D eigenvalue weighted by molar-refractivity contribution is -0.184. The predicted octanol–water partition coefficient (Wildman–Crippen LogP) is 9.35. The highest BCUT2D eigenvalue weighted by Crippen LogP contribution is 2.75. The first-order chi connectivity index (χ1) is 37.3. The van der Waals surface area contributed by atoms with E-state index >= 15 is 9.90 Å². The lowest BCUT2D eigenvalue weighted by Crippen LogP contribution is -2.68. The van der Waals surface area contributed by atoms with Crippen molar-refractivity contribution in [3.8, 4) is 0 Å². The molecule has 4 bridgehead atoms. The Bertz CT molecular complexity index is 2690. The fraction of sp³-hybridized carbons (Fsp3) is 0.734. The first kappa shape index (κ1) is 55.6. The van der Waals surface area contributed by atoms with Crippen LogP contribution in [0.25, 0.3) is 0 Å². The van der Waals surface area contributed by atoms with Gasteiger partial charge in [-0.2, -0.15) is 0 Å². The highest BCUT2D eigenvalue weighted by molar-refractivity contribution is 8.76. The van der Waals surface area contributed by atoms with E-state index in [1.807, 2.05) is 47.2 Å². The molecule has 7 fully saturated rings.